The molecule has 0 saturated carbocycles. The second-order valence-corrected chi connectivity index (χ2v) is 5.67. The molecule has 1 aliphatic heterocycles. The lowest BCUT2D eigenvalue weighted by Crippen LogP contribution is -2.42. The molecule has 1 aromatic rings. The van der Waals surface area contributed by atoms with E-state index < -0.39 is 0 Å². The summed E-state index contributed by atoms with van der Waals surface area (Å²) in [5.41, 5.74) is 1.03. The Labute approximate surface area is 125 Å². The first-order chi connectivity index (χ1) is 10.1. The van der Waals surface area contributed by atoms with Crippen molar-refractivity contribution in [2.45, 2.75) is 38.6 Å². The number of hydrogen-bond acceptors (Lipinski definition) is 3. The standard InChI is InChI=1S/C16H23FN2O2/c1-12-6-7-13(9-15(12)17)18-16(21)10-19-8-4-2-3-5-14(19)11-20/h6-7,9,14,20H,2-5,8,10-11H2,1H3,(H,18,21). The highest BCUT2D eigenvalue weighted by Gasteiger charge is 2.22. The Bertz CT molecular complexity index is 493. The summed E-state index contributed by atoms with van der Waals surface area (Å²) in [5.74, 6) is -0.491. The van der Waals surface area contributed by atoms with Gasteiger partial charge < -0.3 is 10.4 Å². The maximum Gasteiger partial charge on any atom is 0.238 e. The number of halogens is 1. The molecule has 0 bridgehead atoms. The number of benzene rings is 1. The lowest BCUT2D eigenvalue weighted by molar-refractivity contribution is -0.118. The molecule has 1 atom stereocenters. The van der Waals surface area contributed by atoms with Gasteiger partial charge in [-0.3, -0.25) is 9.69 Å². The highest BCUT2D eigenvalue weighted by Crippen LogP contribution is 2.17. The molecule has 0 spiro atoms. The third-order valence-corrected chi connectivity index (χ3v) is 4.01. The van der Waals surface area contributed by atoms with Gasteiger partial charge in [0.25, 0.3) is 0 Å². The SMILES string of the molecule is Cc1ccc(NC(=O)CN2CCCCCC2CO)cc1F. The number of nitrogens with zero attached hydrogens (tertiary/aromatic N) is 1. The van der Waals surface area contributed by atoms with Crippen LogP contribution in [0.3, 0.4) is 0 Å². The second kappa shape index (κ2) is 7.52. The third-order valence-electron chi connectivity index (χ3n) is 4.01. The van der Waals surface area contributed by atoms with Gasteiger partial charge in [-0.05, 0) is 44.0 Å². The van der Waals surface area contributed by atoms with Gasteiger partial charge in [0.05, 0.1) is 13.2 Å². The Kier molecular flexibility index (Phi) is 5.70. The number of anilines is 1. The lowest BCUT2D eigenvalue weighted by Gasteiger charge is -2.27. The van der Waals surface area contributed by atoms with Crippen LogP contribution in [0.5, 0.6) is 0 Å². The first kappa shape index (κ1) is 15.9. The van der Waals surface area contributed by atoms with E-state index in [1.165, 1.54) is 6.07 Å². The number of likely N-dealkylation sites (tertiary alicyclic amines) is 1. The fourth-order valence-electron chi connectivity index (χ4n) is 2.71. The molecule has 4 nitrogen and oxygen atoms in total. The number of carbonyl (C=O) groups excluding carboxylic acids is 1. The Morgan fingerprint density at radius 1 is 1.43 bits per heavy atom. The molecule has 1 aliphatic rings. The van der Waals surface area contributed by atoms with E-state index in [1.54, 1.807) is 19.1 Å². The van der Waals surface area contributed by atoms with Crippen molar-refractivity contribution in [3.05, 3.63) is 29.6 Å². The van der Waals surface area contributed by atoms with Gasteiger partial charge in [0.1, 0.15) is 5.82 Å². The zero-order chi connectivity index (χ0) is 15.2. The average molecular weight is 294 g/mol. The Morgan fingerprint density at radius 3 is 2.95 bits per heavy atom. The minimum atomic E-state index is -0.323. The smallest absolute Gasteiger partial charge is 0.238 e. The monoisotopic (exact) mass is 294 g/mol. The van der Waals surface area contributed by atoms with Gasteiger partial charge in [0, 0.05) is 11.7 Å². The molecule has 116 valence electrons. The topological polar surface area (TPSA) is 52.6 Å². The minimum absolute atomic E-state index is 0.0491. The predicted octanol–water partition coefficient (Wildman–Crippen LogP) is 2.31. The van der Waals surface area contributed by atoms with E-state index in [0.717, 1.165) is 32.2 Å². The van der Waals surface area contributed by atoms with Crippen LogP contribution in [0.25, 0.3) is 0 Å². The van der Waals surface area contributed by atoms with Crippen LogP contribution in [-0.4, -0.2) is 41.7 Å². The molecular weight excluding hydrogens is 271 g/mol. The fraction of sp³-hybridized carbons (Fsp3) is 0.562. The van der Waals surface area contributed by atoms with Crippen molar-refractivity contribution in [2.75, 3.05) is 25.0 Å². The third kappa shape index (κ3) is 4.51. The minimum Gasteiger partial charge on any atom is -0.395 e. The van der Waals surface area contributed by atoms with E-state index in [-0.39, 0.29) is 30.9 Å². The summed E-state index contributed by atoms with van der Waals surface area (Å²) in [6.07, 6.45) is 4.19. The van der Waals surface area contributed by atoms with Crippen molar-refractivity contribution in [2.24, 2.45) is 0 Å². The molecule has 1 amide bonds. The van der Waals surface area contributed by atoms with Gasteiger partial charge in [0.15, 0.2) is 0 Å². The van der Waals surface area contributed by atoms with Crippen LogP contribution in [-0.2, 0) is 4.79 Å². The number of carbonyl (C=O) groups is 1. The van der Waals surface area contributed by atoms with Crippen molar-refractivity contribution in [1.82, 2.24) is 4.90 Å². The largest absolute Gasteiger partial charge is 0.395 e. The summed E-state index contributed by atoms with van der Waals surface area (Å²) < 4.78 is 13.5. The highest BCUT2D eigenvalue weighted by molar-refractivity contribution is 5.92. The van der Waals surface area contributed by atoms with Crippen LogP contribution in [0.4, 0.5) is 10.1 Å². The first-order valence-electron chi connectivity index (χ1n) is 7.51. The van der Waals surface area contributed by atoms with E-state index in [4.69, 9.17) is 0 Å². The van der Waals surface area contributed by atoms with Crippen molar-refractivity contribution >= 4 is 11.6 Å². The van der Waals surface area contributed by atoms with Crippen LogP contribution in [0.1, 0.15) is 31.2 Å². The normalized spacial score (nSPS) is 20.0. The molecule has 5 heteroatoms. The Morgan fingerprint density at radius 2 is 2.24 bits per heavy atom. The van der Waals surface area contributed by atoms with Crippen molar-refractivity contribution in [3.63, 3.8) is 0 Å². The zero-order valence-electron chi connectivity index (χ0n) is 12.4. The van der Waals surface area contributed by atoms with Gasteiger partial charge in [-0.2, -0.15) is 0 Å². The molecule has 21 heavy (non-hydrogen) atoms. The molecule has 0 aliphatic carbocycles. The first-order valence-corrected chi connectivity index (χ1v) is 7.51. The summed E-state index contributed by atoms with van der Waals surface area (Å²) in [7, 11) is 0. The fourth-order valence-corrected chi connectivity index (χ4v) is 2.71. The number of aryl methyl sites for hydroxylation is 1. The summed E-state index contributed by atoms with van der Waals surface area (Å²) in [6.45, 7) is 2.82. The predicted molar refractivity (Wildman–Crippen MR) is 80.7 cm³/mol. The molecule has 1 fully saturated rings. The second-order valence-electron chi connectivity index (χ2n) is 5.67. The Hall–Kier alpha value is -1.46. The summed E-state index contributed by atoms with van der Waals surface area (Å²) in [6, 6.07) is 4.72. The maximum absolute atomic E-state index is 13.5. The summed E-state index contributed by atoms with van der Waals surface area (Å²) in [5, 5.41) is 12.2. The van der Waals surface area contributed by atoms with Crippen LogP contribution < -0.4 is 5.32 Å². The summed E-state index contributed by atoms with van der Waals surface area (Å²) in [4.78, 5) is 14.1. The molecule has 1 unspecified atom stereocenters. The van der Waals surface area contributed by atoms with E-state index >= 15 is 0 Å². The molecule has 2 N–H and O–H groups in total. The number of rotatable bonds is 4. The number of amides is 1. The van der Waals surface area contributed by atoms with Gasteiger partial charge in [-0.15, -0.1) is 0 Å². The lowest BCUT2D eigenvalue weighted by atomic mass is 10.1. The number of aliphatic hydroxyl groups excluding tert-OH is 1. The van der Waals surface area contributed by atoms with Crippen LogP contribution in [0, 0.1) is 12.7 Å². The number of nitrogens with one attached hydrogen (secondary N) is 1. The van der Waals surface area contributed by atoms with Crippen LogP contribution >= 0.6 is 0 Å². The Balaban J connectivity index is 1.94. The average Bonchev–Trinajstić information content (AvgIpc) is 2.68. The van der Waals surface area contributed by atoms with Crippen molar-refractivity contribution < 1.29 is 14.3 Å². The van der Waals surface area contributed by atoms with Crippen LogP contribution in [0.15, 0.2) is 18.2 Å². The molecule has 0 radical (unpaired) electrons. The van der Waals surface area contributed by atoms with E-state index in [1.807, 2.05) is 4.90 Å². The molecule has 1 heterocycles. The molecule has 1 aromatic carbocycles. The number of hydrogen-bond donors (Lipinski definition) is 2. The van der Waals surface area contributed by atoms with E-state index in [0.29, 0.717) is 11.3 Å². The maximum atomic E-state index is 13.5. The molecule has 0 aromatic heterocycles. The van der Waals surface area contributed by atoms with E-state index in [2.05, 4.69) is 5.32 Å². The molecular formula is C16H23FN2O2. The molecule has 1 saturated heterocycles. The van der Waals surface area contributed by atoms with Crippen molar-refractivity contribution in [3.8, 4) is 0 Å². The highest BCUT2D eigenvalue weighted by atomic mass is 19.1. The van der Waals surface area contributed by atoms with Gasteiger partial charge in [-0.1, -0.05) is 18.9 Å². The van der Waals surface area contributed by atoms with Gasteiger partial charge in [-0.25, -0.2) is 4.39 Å². The quantitative estimate of drug-likeness (QED) is 0.896. The molecule has 2 rings (SSSR count). The van der Waals surface area contributed by atoms with Gasteiger partial charge in [0.2, 0.25) is 5.91 Å². The van der Waals surface area contributed by atoms with Crippen LogP contribution in [0.2, 0.25) is 0 Å². The number of aliphatic hydroxyl groups is 1. The van der Waals surface area contributed by atoms with Crippen molar-refractivity contribution in [1.29, 1.82) is 0 Å². The summed E-state index contributed by atoms with van der Waals surface area (Å²) >= 11 is 0. The van der Waals surface area contributed by atoms with Gasteiger partial charge >= 0.3 is 0 Å². The van der Waals surface area contributed by atoms with E-state index in [9.17, 15) is 14.3 Å². The zero-order valence-corrected chi connectivity index (χ0v) is 12.4.